The molecule has 0 aliphatic heterocycles. The van der Waals surface area contributed by atoms with Gasteiger partial charge in [0.05, 0.1) is 13.2 Å². The lowest BCUT2D eigenvalue weighted by molar-refractivity contribution is 0.0374. The zero-order valence-electron chi connectivity index (χ0n) is 9.53. The zero-order chi connectivity index (χ0) is 11.4. The highest BCUT2D eigenvalue weighted by atomic mass is 16.5. The smallest absolute Gasteiger partial charge is 0.342 e. The second-order valence-corrected chi connectivity index (χ2v) is 3.61. The maximum absolute atomic E-state index is 11.7. The van der Waals surface area contributed by atoms with E-state index in [4.69, 9.17) is 9.47 Å². The van der Waals surface area contributed by atoms with E-state index >= 15 is 0 Å². The van der Waals surface area contributed by atoms with Crippen molar-refractivity contribution >= 4 is 5.97 Å². The normalized spacial score (nSPS) is 10.2. The Kier molecular flexibility index (Phi) is 3.72. The van der Waals surface area contributed by atoms with Gasteiger partial charge in [0.25, 0.3) is 0 Å². The third kappa shape index (κ3) is 2.72. The van der Waals surface area contributed by atoms with E-state index in [2.05, 4.69) is 0 Å². The van der Waals surface area contributed by atoms with Gasteiger partial charge < -0.3 is 9.47 Å². The first-order valence-corrected chi connectivity index (χ1v) is 4.91. The molecule has 0 aromatic heterocycles. The van der Waals surface area contributed by atoms with Crippen molar-refractivity contribution in [3.05, 3.63) is 29.3 Å². The average Bonchev–Trinajstić information content (AvgIpc) is 2.16. The van der Waals surface area contributed by atoms with Crippen LogP contribution in [-0.4, -0.2) is 19.2 Å². The molecule has 0 fully saturated rings. The Morgan fingerprint density at radius 3 is 2.53 bits per heavy atom. The third-order valence-corrected chi connectivity index (χ3v) is 1.98. The molecule has 15 heavy (non-hydrogen) atoms. The fourth-order valence-electron chi connectivity index (χ4n) is 1.36. The number of ether oxygens (including phenoxy) is 2. The topological polar surface area (TPSA) is 35.5 Å². The summed E-state index contributed by atoms with van der Waals surface area (Å²) in [6.07, 6.45) is -0.122. The van der Waals surface area contributed by atoms with Crippen LogP contribution < -0.4 is 4.74 Å². The molecule has 0 unspecified atom stereocenters. The number of hydrogen-bond acceptors (Lipinski definition) is 3. The molecule has 1 aromatic carbocycles. The number of para-hydroxylation sites is 1. The fraction of sp³-hybridized carbons (Fsp3) is 0.417. The summed E-state index contributed by atoms with van der Waals surface area (Å²) < 4.78 is 10.3. The van der Waals surface area contributed by atoms with Gasteiger partial charge in [0.2, 0.25) is 0 Å². The van der Waals surface area contributed by atoms with Gasteiger partial charge in [0, 0.05) is 0 Å². The predicted molar refractivity (Wildman–Crippen MR) is 58.3 cm³/mol. The van der Waals surface area contributed by atoms with Crippen molar-refractivity contribution in [1.82, 2.24) is 0 Å². The lowest BCUT2D eigenvalue weighted by atomic mass is 10.1. The van der Waals surface area contributed by atoms with Gasteiger partial charge in [0.1, 0.15) is 11.3 Å². The molecule has 0 amide bonds. The molecule has 0 atom stereocenters. The summed E-state index contributed by atoms with van der Waals surface area (Å²) >= 11 is 0. The van der Waals surface area contributed by atoms with Crippen LogP contribution in [0.5, 0.6) is 5.75 Å². The first kappa shape index (κ1) is 11.6. The highest BCUT2D eigenvalue weighted by molar-refractivity contribution is 5.93. The summed E-state index contributed by atoms with van der Waals surface area (Å²) in [5.74, 6) is 0.244. The number of hydrogen-bond donors (Lipinski definition) is 0. The summed E-state index contributed by atoms with van der Waals surface area (Å²) in [5.41, 5.74) is 1.40. The van der Waals surface area contributed by atoms with E-state index in [1.807, 2.05) is 32.9 Å². The first-order valence-electron chi connectivity index (χ1n) is 4.91. The molecule has 0 spiro atoms. The number of carbonyl (C=O) groups is 1. The summed E-state index contributed by atoms with van der Waals surface area (Å²) in [6, 6.07) is 5.41. The van der Waals surface area contributed by atoms with E-state index in [1.165, 1.54) is 0 Å². The number of rotatable bonds is 3. The van der Waals surface area contributed by atoms with Gasteiger partial charge in [-0.1, -0.05) is 12.1 Å². The molecule has 0 saturated heterocycles. The largest absolute Gasteiger partial charge is 0.496 e. The van der Waals surface area contributed by atoms with Gasteiger partial charge in [-0.2, -0.15) is 0 Å². The highest BCUT2D eigenvalue weighted by Gasteiger charge is 2.15. The molecule has 0 heterocycles. The van der Waals surface area contributed by atoms with E-state index < -0.39 is 0 Å². The van der Waals surface area contributed by atoms with Crippen molar-refractivity contribution in [1.29, 1.82) is 0 Å². The Hall–Kier alpha value is -1.51. The Morgan fingerprint density at radius 2 is 2.00 bits per heavy atom. The molecule has 1 rings (SSSR count). The van der Waals surface area contributed by atoms with Crippen LogP contribution in [0.25, 0.3) is 0 Å². The minimum absolute atomic E-state index is 0.122. The first-order chi connectivity index (χ1) is 7.06. The molecule has 0 saturated carbocycles. The van der Waals surface area contributed by atoms with Crippen LogP contribution in [0.2, 0.25) is 0 Å². The summed E-state index contributed by atoms with van der Waals surface area (Å²) in [4.78, 5) is 11.7. The SMILES string of the molecule is COc1c(C)cccc1C(=O)OC(C)C. The van der Waals surface area contributed by atoms with Gasteiger partial charge in [-0.05, 0) is 32.4 Å². The van der Waals surface area contributed by atoms with Crippen LogP contribution in [-0.2, 0) is 4.74 Å². The Morgan fingerprint density at radius 1 is 1.33 bits per heavy atom. The maximum atomic E-state index is 11.7. The predicted octanol–water partition coefficient (Wildman–Crippen LogP) is 2.57. The number of carbonyl (C=O) groups excluding carboxylic acids is 1. The molecule has 0 radical (unpaired) electrons. The van der Waals surface area contributed by atoms with E-state index in [9.17, 15) is 4.79 Å². The van der Waals surface area contributed by atoms with Crippen LogP contribution in [0.15, 0.2) is 18.2 Å². The molecule has 1 aromatic rings. The van der Waals surface area contributed by atoms with Gasteiger partial charge >= 0.3 is 5.97 Å². The standard InChI is InChI=1S/C12H16O3/c1-8(2)15-12(13)10-7-5-6-9(3)11(10)14-4/h5-8H,1-4H3. The fourth-order valence-corrected chi connectivity index (χ4v) is 1.36. The van der Waals surface area contributed by atoms with E-state index in [1.54, 1.807) is 13.2 Å². The van der Waals surface area contributed by atoms with Gasteiger partial charge in [-0.25, -0.2) is 4.79 Å². The van der Waals surface area contributed by atoms with Crippen molar-refractivity contribution in [3.63, 3.8) is 0 Å². The minimum Gasteiger partial charge on any atom is -0.496 e. The quantitative estimate of drug-likeness (QED) is 0.716. The Bertz CT molecular complexity index is 356. The number of esters is 1. The summed E-state index contributed by atoms with van der Waals surface area (Å²) in [6.45, 7) is 5.53. The average molecular weight is 208 g/mol. The summed E-state index contributed by atoms with van der Waals surface area (Å²) in [5, 5.41) is 0. The molecule has 0 N–H and O–H groups in total. The molecule has 3 heteroatoms. The minimum atomic E-state index is -0.342. The molecule has 82 valence electrons. The van der Waals surface area contributed by atoms with Crippen molar-refractivity contribution < 1.29 is 14.3 Å². The second-order valence-electron chi connectivity index (χ2n) is 3.61. The maximum Gasteiger partial charge on any atom is 0.342 e. The van der Waals surface area contributed by atoms with Crippen molar-refractivity contribution in [2.75, 3.05) is 7.11 Å². The van der Waals surface area contributed by atoms with E-state index in [-0.39, 0.29) is 12.1 Å². The van der Waals surface area contributed by atoms with Crippen LogP contribution in [0, 0.1) is 6.92 Å². The lowest BCUT2D eigenvalue weighted by Crippen LogP contribution is -2.13. The monoisotopic (exact) mass is 208 g/mol. The van der Waals surface area contributed by atoms with Crippen molar-refractivity contribution in [2.45, 2.75) is 26.9 Å². The molecule has 3 nitrogen and oxygen atoms in total. The van der Waals surface area contributed by atoms with Crippen LogP contribution in [0.3, 0.4) is 0 Å². The highest BCUT2D eigenvalue weighted by Crippen LogP contribution is 2.23. The van der Waals surface area contributed by atoms with Crippen LogP contribution in [0.4, 0.5) is 0 Å². The summed E-state index contributed by atoms with van der Waals surface area (Å²) in [7, 11) is 1.55. The molecular weight excluding hydrogens is 192 g/mol. The van der Waals surface area contributed by atoms with Gasteiger partial charge in [0.15, 0.2) is 0 Å². The van der Waals surface area contributed by atoms with Crippen LogP contribution >= 0.6 is 0 Å². The van der Waals surface area contributed by atoms with Crippen LogP contribution in [0.1, 0.15) is 29.8 Å². The van der Waals surface area contributed by atoms with Crippen molar-refractivity contribution in [3.8, 4) is 5.75 Å². The lowest BCUT2D eigenvalue weighted by Gasteiger charge is -2.12. The van der Waals surface area contributed by atoms with E-state index in [0.29, 0.717) is 11.3 Å². The second kappa shape index (κ2) is 4.82. The Labute approximate surface area is 90.0 Å². The van der Waals surface area contributed by atoms with Gasteiger partial charge in [-0.3, -0.25) is 0 Å². The third-order valence-electron chi connectivity index (χ3n) is 1.98. The number of benzene rings is 1. The Balaban J connectivity index is 3.03. The number of methoxy groups -OCH3 is 1. The molecular formula is C12H16O3. The molecule has 0 aliphatic rings. The zero-order valence-corrected chi connectivity index (χ0v) is 9.53. The van der Waals surface area contributed by atoms with Crippen molar-refractivity contribution in [2.24, 2.45) is 0 Å². The molecule has 0 bridgehead atoms. The number of aryl methyl sites for hydroxylation is 1. The molecule has 0 aliphatic carbocycles. The van der Waals surface area contributed by atoms with Gasteiger partial charge in [-0.15, -0.1) is 0 Å². The van der Waals surface area contributed by atoms with E-state index in [0.717, 1.165) is 5.56 Å².